The van der Waals surface area contributed by atoms with E-state index in [2.05, 4.69) is 14.6 Å². The number of rotatable bonds is 5. The molecule has 1 aliphatic heterocycles. The van der Waals surface area contributed by atoms with Crippen LogP contribution >= 0.6 is 11.3 Å². The molecule has 0 saturated carbocycles. The van der Waals surface area contributed by atoms with Crippen LogP contribution in [-0.2, 0) is 16.6 Å². The number of aromatic nitrogens is 2. The van der Waals surface area contributed by atoms with Crippen molar-refractivity contribution >= 4 is 26.3 Å². The van der Waals surface area contributed by atoms with Crippen LogP contribution in [0, 0.1) is 5.92 Å². The highest BCUT2D eigenvalue weighted by molar-refractivity contribution is 7.88. The fourth-order valence-corrected chi connectivity index (χ4v) is 4.21. The quantitative estimate of drug-likeness (QED) is 0.844. The van der Waals surface area contributed by atoms with Gasteiger partial charge in [-0.25, -0.2) is 18.1 Å². The molecule has 1 N–H and O–H groups in total. The summed E-state index contributed by atoms with van der Waals surface area (Å²) in [7, 11) is -3.15. The van der Waals surface area contributed by atoms with Gasteiger partial charge in [0.2, 0.25) is 10.0 Å². The Morgan fingerprint density at radius 3 is 3.09 bits per heavy atom. The summed E-state index contributed by atoms with van der Waals surface area (Å²) in [5.41, 5.74) is 0.715. The highest BCUT2D eigenvalue weighted by atomic mass is 32.2. The second kappa shape index (κ2) is 6.68. The minimum atomic E-state index is -3.15. The van der Waals surface area contributed by atoms with Crippen molar-refractivity contribution in [3.05, 3.63) is 33.7 Å². The highest BCUT2D eigenvalue weighted by Crippen LogP contribution is 2.18. The lowest BCUT2D eigenvalue weighted by Gasteiger charge is -2.32. The van der Waals surface area contributed by atoms with E-state index >= 15 is 0 Å². The summed E-state index contributed by atoms with van der Waals surface area (Å²) < 4.78 is 26.6. The fourth-order valence-electron chi connectivity index (χ4n) is 2.93. The second-order valence-corrected chi connectivity index (χ2v) is 8.71. The van der Waals surface area contributed by atoms with Crippen molar-refractivity contribution in [2.24, 2.45) is 5.92 Å². The van der Waals surface area contributed by atoms with Crippen LogP contribution in [0.5, 0.6) is 0 Å². The number of thiazole rings is 1. The van der Waals surface area contributed by atoms with E-state index in [1.165, 1.54) is 17.6 Å². The molecule has 0 spiro atoms. The summed E-state index contributed by atoms with van der Waals surface area (Å²) in [6, 6.07) is 1.58. The van der Waals surface area contributed by atoms with Crippen molar-refractivity contribution in [1.29, 1.82) is 0 Å². The van der Waals surface area contributed by atoms with E-state index < -0.39 is 10.0 Å². The Bertz CT molecular complexity index is 843. The normalized spacial score (nSPS) is 20.1. The first kappa shape index (κ1) is 16.6. The van der Waals surface area contributed by atoms with Crippen LogP contribution in [0.1, 0.15) is 18.5 Å². The molecule has 23 heavy (non-hydrogen) atoms. The number of piperidine rings is 1. The molecule has 1 saturated heterocycles. The van der Waals surface area contributed by atoms with E-state index in [9.17, 15) is 13.2 Å². The van der Waals surface area contributed by atoms with Crippen LogP contribution in [0.4, 0.5) is 0 Å². The lowest BCUT2D eigenvalue weighted by atomic mass is 9.98. The minimum absolute atomic E-state index is 0.0569. The van der Waals surface area contributed by atoms with Gasteiger partial charge in [0.05, 0.1) is 11.9 Å². The Balaban J connectivity index is 1.65. The van der Waals surface area contributed by atoms with Crippen LogP contribution in [0.3, 0.4) is 0 Å². The summed E-state index contributed by atoms with van der Waals surface area (Å²) in [5, 5.41) is 1.85. The SMILES string of the molecule is CS(=O)(=O)NC[C@H]1CCCN(Cc2cc(=O)n3ccsc3n2)C1. The molecule has 1 fully saturated rings. The summed E-state index contributed by atoms with van der Waals surface area (Å²) in [5.74, 6) is 0.296. The zero-order valence-corrected chi connectivity index (χ0v) is 14.6. The monoisotopic (exact) mass is 356 g/mol. The van der Waals surface area contributed by atoms with E-state index in [0.29, 0.717) is 24.0 Å². The van der Waals surface area contributed by atoms with Gasteiger partial charge < -0.3 is 0 Å². The van der Waals surface area contributed by atoms with E-state index in [-0.39, 0.29) is 5.56 Å². The molecule has 3 heterocycles. The average molecular weight is 356 g/mol. The minimum Gasteiger partial charge on any atom is -0.297 e. The van der Waals surface area contributed by atoms with Crippen molar-refractivity contribution in [2.75, 3.05) is 25.9 Å². The molecule has 2 aromatic heterocycles. The molecular weight excluding hydrogens is 336 g/mol. The molecule has 0 bridgehead atoms. The molecule has 0 unspecified atom stereocenters. The Hall–Kier alpha value is -1.29. The topological polar surface area (TPSA) is 83.8 Å². The van der Waals surface area contributed by atoms with Gasteiger partial charge in [-0.1, -0.05) is 0 Å². The number of hydrogen-bond donors (Lipinski definition) is 1. The van der Waals surface area contributed by atoms with Crippen LogP contribution in [0.15, 0.2) is 22.4 Å². The number of nitrogens with zero attached hydrogens (tertiary/aromatic N) is 3. The van der Waals surface area contributed by atoms with Gasteiger partial charge in [0.25, 0.3) is 5.56 Å². The van der Waals surface area contributed by atoms with Crippen LogP contribution in [-0.4, -0.2) is 48.6 Å². The lowest BCUT2D eigenvalue weighted by Crippen LogP contribution is -2.40. The molecule has 126 valence electrons. The number of fused-ring (bicyclic) bond motifs is 1. The van der Waals surface area contributed by atoms with Gasteiger partial charge >= 0.3 is 0 Å². The molecule has 7 nitrogen and oxygen atoms in total. The molecule has 0 amide bonds. The lowest BCUT2D eigenvalue weighted by molar-refractivity contribution is 0.167. The zero-order valence-electron chi connectivity index (χ0n) is 12.9. The molecule has 0 radical (unpaired) electrons. The number of hydrogen-bond acceptors (Lipinski definition) is 6. The number of sulfonamides is 1. The van der Waals surface area contributed by atoms with E-state index in [0.717, 1.165) is 31.6 Å². The number of nitrogens with one attached hydrogen (secondary N) is 1. The van der Waals surface area contributed by atoms with Gasteiger partial charge in [0, 0.05) is 37.3 Å². The standard InChI is InChI=1S/C14H20N4O3S2/c1-23(20,21)15-8-11-3-2-4-17(9-11)10-12-7-13(19)18-5-6-22-14(18)16-12/h5-7,11,15H,2-4,8-10H2,1H3/t11-/m1/s1. The fraction of sp³-hybridized carbons (Fsp3) is 0.571. The average Bonchev–Trinajstić information content (AvgIpc) is 2.94. The summed E-state index contributed by atoms with van der Waals surface area (Å²) >= 11 is 1.45. The van der Waals surface area contributed by atoms with Crippen molar-refractivity contribution < 1.29 is 8.42 Å². The maximum absolute atomic E-state index is 12.0. The van der Waals surface area contributed by atoms with Gasteiger partial charge in [-0.3, -0.25) is 14.1 Å². The molecule has 1 aliphatic rings. The first-order chi connectivity index (χ1) is 10.9. The maximum Gasteiger partial charge on any atom is 0.258 e. The highest BCUT2D eigenvalue weighted by Gasteiger charge is 2.21. The third-order valence-electron chi connectivity index (χ3n) is 3.98. The summed E-state index contributed by atoms with van der Waals surface area (Å²) in [4.78, 5) is 19.5. The smallest absolute Gasteiger partial charge is 0.258 e. The van der Waals surface area contributed by atoms with E-state index in [1.54, 1.807) is 16.7 Å². The maximum atomic E-state index is 12.0. The summed E-state index contributed by atoms with van der Waals surface area (Å²) in [6.45, 7) is 2.85. The number of likely N-dealkylation sites (tertiary alicyclic amines) is 1. The van der Waals surface area contributed by atoms with Gasteiger partial charge in [0.1, 0.15) is 0 Å². The van der Waals surface area contributed by atoms with Crippen molar-refractivity contribution in [3.8, 4) is 0 Å². The van der Waals surface area contributed by atoms with Crippen molar-refractivity contribution in [1.82, 2.24) is 19.0 Å². The second-order valence-electron chi connectivity index (χ2n) is 6.01. The molecular formula is C14H20N4O3S2. The van der Waals surface area contributed by atoms with Gasteiger partial charge in [-0.05, 0) is 25.3 Å². The Kier molecular flexibility index (Phi) is 4.81. The molecule has 3 rings (SSSR count). The summed E-state index contributed by atoms with van der Waals surface area (Å²) in [6.07, 6.45) is 4.95. The van der Waals surface area contributed by atoms with Crippen molar-refractivity contribution in [3.63, 3.8) is 0 Å². The Morgan fingerprint density at radius 1 is 1.48 bits per heavy atom. The molecule has 1 atom stereocenters. The van der Waals surface area contributed by atoms with Gasteiger partial charge in [-0.2, -0.15) is 0 Å². The van der Waals surface area contributed by atoms with E-state index in [4.69, 9.17) is 0 Å². The Morgan fingerprint density at radius 2 is 2.30 bits per heavy atom. The van der Waals surface area contributed by atoms with Gasteiger partial charge in [0.15, 0.2) is 4.96 Å². The van der Waals surface area contributed by atoms with Crippen LogP contribution < -0.4 is 10.3 Å². The molecule has 9 heteroatoms. The predicted molar refractivity (Wildman–Crippen MR) is 90.2 cm³/mol. The van der Waals surface area contributed by atoms with E-state index in [1.807, 2.05) is 5.38 Å². The van der Waals surface area contributed by atoms with Gasteiger partial charge in [-0.15, -0.1) is 11.3 Å². The molecule has 0 aromatic carbocycles. The zero-order chi connectivity index (χ0) is 16.4. The molecule has 2 aromatic rings. The largest absolute Gasteiger partial charge is 0.297 e. The first-order valence-electron chi connectivity index (χ1n) is 7.53. The van der Waals surface area contributed by atoms with Crippen molar-refractivity contribution in [2.45, 2.75) is 19.4 Å². The third kappa shape index (κ3) is 4.37. The van der Waals surface area contributed by atoms with Crippen LogP contribution in [0.25, 0.3) is 4.96 Å². The predicted octanol–water partition coefficient (Wildman–Crippen LogP) is 0.517. The third-order valence-corrected chi connectivity index (χ3v) is 5.43. The molecule has 0 aliphatic carbocycles. The first-order valence-corrected chi connectivity index (χ1v) is 10.3. The Labute approximate surface area is 139 Å². The van der Waals surface area contributed by atoms with Crippen LogP contribution in [0.2, 0.25) is 0 Å².